The SMILES string of the molecule is CC1Cc2cc(-c3ccccc3F)sc2CN1. The molecule has 1 aliphatic heterocycles. The molecule has 0 radical (unpaired) electrons. The Hall–Kier alpha value is -1.19. The Morgan fingerprint density at radius 2 is 2.18 bits per heavy atom. The van der Waals surface area contributed by atoms with E-state index in [4.69, 9.17) is 0 Å². The molecule has 0 bridgehead atoms. The Kier molecular flexibility index (Phi) is 2.73. The van der Waals surface area contributed by atoms with E-state index < -0.39 is 0 Å². The average molecular weight is 247 g/mol. The van der Waals surface area contributed by atoms with Crippen LogP contribution in [0.25, 0.3) is 10.4 Å². The number of hydrogen-bond acceptors (Lipinski definition) is 2. The van der Waals surface area contributed by atoms with Gasteiger partial charge in [0.1, 0.15) is 5.82 Å². The zero-order valence-corrected chi connectivity index (χ0v) is 10.5. The number of nitrogens with one attached hydrogen (secondary N) is 1. The van der Waals surface area contributed by atoms with Gasteiger partial charge in [-0.05, 0) is 31.0 Å². The average Bonchev–Trinajstić information content (AvgIpc) is 2.72. The van der Waals surface area contributed by atoms with E-state index in [0.717, 1.165) is 23.4 Å². The molecule has 0 amide bonds. The van der Waals surface area contributed by atoms with Gasteiger partial charge in [-0.3, -0.25) is 0 Å². The van der Waals surface area contributed by atoms with Crippen molar-refractivity contribution in [2.45, 2.75) is 25.9 Å². The Morgan fingerprint density at radius 1 is 1.35 bits per heavy atom. The van der Waals surface area contributed by atoms with Crippen molar-refractivity contribution < 1.29 is 4.39 Å². The molecule has 1 nitrogen and oxygen atoms in total. The van der Waals surface area contributed by atoms with Gasteiger partial charge in [0.25, 0.3) is 0 Å². The van der Waals surface area contributed by atoms with Gasteiger partial charge < -0.3 is 5.32 Å². The van der Waals surface area contributed by atoms with Crippen LogP contribution in [0.5, 0.6) is 0 Å². The summed E-state index contributed by atoms with van der Waals surface area (Å²) in [6, 6.07) is 9.66. The van der Waals surface area contributed by atoms with Gasteiger partial charge in [-0.1, -0.05) is 18.2 Å². The van der Waals surface area contributed by atoms with Crippen LogP contribution < -0.4 is 5.32 Å². The molecule has 1 atom stereocenters. The third kappa shape index (κ3) is 2.01. The Labute approximate surface area is 104 Å². The van der Waals surface area contributed by atoms with Crippen molar-refractivity contribution in [1.29, 1.82) is 0 Å². The van der Waals surface area contributed by atoms with E-state index in [-0.39, 0.29) is 5.82 Å². The molecular weight excluding hydrogens is 233 g/mol. The van der Waals surface area contributed by atoms with Gasteiger partial charge >= 0.3 is 0 Å². The van der Waals surface area contributed by atoms with Crippen LogP contribution in [0.4, 0.5) is 4.39 Å². The van der Waals surface area contributed by atoms with Gasteiger partial charge in [0, 0.05) is 27.9 Å². The largest absolute Gasteiger partial charge is 0.309 e. The maximum absolute atomic E-state index is 13.7. The minimum Gasteiger partial charge on any atom is -0.309 e. The summed E-state index contributed by atoms with van der Waals surface area (Å²) in [5, 5.41) is 3.43. The van der Waals surface area contributed by atoms with Gasteiger partial charge in [0.2, 0.25) is 0 Å². The molecule has 0 aliphatic carbocycles. The van der Waals surface area contributed by atoms with Crippen molar-refractivity contribution in [3.8, 4) is 10.4 Å². The summed E-state index contributed by atoms with van der Waals surface area (Å²) in [5.74, 6) is -0.132. The number of thiophene rings is 1. The monoisotopic (exact) mass is 247 g/mol. The molecule has 1 N–H and O–H groups in total. The normalized spacial score (nSPS) is 19.1. The number of halogens is 1. The summed E-state index contributed by atoms with van der Waals surface area (Å²) in [4.78, 5) is 2.39. The van der Waals surface area contributed by atoms with Gasteiger partial charge in [-0.2, -0.15) is 0 Å². The predicted molar refractivity (Wildman–Crippen MR) is 69.7 cm³/mol. The first kappa shape index (κ1) is 10.9. The smallest absolute Gasteiger partial charge is 0.131 e. The molecule has 88 valence electrons. The lowest BCUT2D eigenvalue weighted by molar-refractivity contribution is 0.520. The third-order valence-electron chi connectivity index (χ3n) is 3.17. The first-order valence-electron chi connectivity index (χ1n) is 5.84. The fourth-order valence-electron chi connectivity index (χ4n) is 2.25. The standard InChI is InChI=1S/C14H14FNS/c1-9-6-10-7-13(17-14(10)8-16-9)11-4-2-3-5-12(11)15/h2-5,7,9,16H,6,8H2,1H3. The van der Waals surface area contributed by atoms with Crippen LogP contribution in [0, 0.1) is 5.82 Å². The molecule has 2 aromatic rings. The van der Waals surface area contributed by atoms with Gasteiger partial charge in [-0.25, -0.2) is 4.39 Å². The highest BCUT2D eigenvalue weighted by atomic mass is 32.1. The van der Waals surface area contributed by atoms with E-state index in [2.05, 4.69) is 18.3 Å². The fraction of sp³-hybridized carbons (Fsp3) is 0.286. The Morgan fingerprint density at radius 3 is 3.00 bits per heavy atom. The highest BCUT2D eigenvalue weighted by Crippen LogP contribution is 2.35. The molecule has 3 rings (SSSR count). The molecule has 0 saturated heterocycles. The lowest BCUT2D eigenvalue weighted by atomic mass is 10.0. The number of fused-ring (bicyclic) bond motifs is 1. The summed E-state index contributed by atoms with van der Waals surface area (Å²) in [6.07, 6.45) is 1.04. The van der Waals surface area contributed by atoms with E-state index in [1.165, 1.54) is 16.5 Å². The maximum Gasteiger partial charge on any atom is 0.131 e. The second-order valence-corrected chi connectivity index (χ2v) is 5.66. The topological polar surface area (TPSA) is 12.0 Å². The second-order valence-electron chi connectivity index (χ2n) is 4.52. The number of hydrogen-bond donors (Lipinski definition) is 1. The number of benzene rings is 1. The van der Waals surface area contributed by atoms with Crippen molar-refractivity contribution in [2.75, 3.05) is 0 Å². The van der Waals surface area contributed by atoms with Crippen molar-refractivity contribution in [1.82, 2.24) is 5.32 Å². The highest BCUT2D eigenvalue weighted by molar-refractivity contribution is 7.15. The van der Waals surface area contributed by atoms with E-state index in [9.17, 15) is 4.39 Å². The van der Waals surface area contributed by atoms with Crippen LogP contribution in [0.15, 0.2) is 30.3 Å². The van der Waals surface area contributed by atoms with E-state index in [1.54, 1.807) is 17.4 Å². The van der Waals surface area contributed by atoms with Crippen LogP contribution in [0.2, 0.25) is 0 Å². The van der Waals surface area contributed by atoms with Crippen LogP contribution in [-0.4, -0.2) is 6.04 Å². The van der Waals surface area contributed by atoms with Gasteiger partial charge in [0.05, 0.1) is 0 Å². The molecule has 17 heavy (non-hydrogen) atoms. The molecular formula is C14H14FNS. The van der Waals surface area contributed by atoms with Gasteiger partial charge in [-0.15, -0.1) is 11.3 Å². The van der Waals surface area contributed by atoms with E-state index in [0.29, 0.717) is 6.04 Å². The van der Waals surface area contributed by atoms with Crippen molar-refractivity contribution >= 4 is 11.3 Å². The van der Waals surface area contributed by atoms with Crippen molar-refractivity contribution in [3.63, 3.8) is 0 Å². The first-order chi connectivity index (χ1) is 8.24. The van der Waals surface area contributed by atoms with Crippen molar-refractivity contribution in [3.05, 3.63) is 46.6 Å². The molecule has 1 aromatic carbocycles. The van der Waals surface area contributed by atoms with Gasteiger partial charge in [0.15, 0.2) is 0 Å². The van der Waals surface area contributed by atoms with Crippen LogP contribution in [0.3, 0.4) is 0 Å². The first-order valence-corrected chi connectivity index (χ1v) is 6.65. The zero-order chi connectivity index (χ0) is 11.8. The van der Waals surface area contributed by atoms with Crippen LogP contribution >= 0.6 is 11.3 Å². The highest BCUT2D eigenvalue weighted by Gasteiger charge is 2.18. The van der Waals surface area contributed by atoms with Crippen LogP contribution in [0.1, 0.15) is 17.4 Å². The fourth-order valence-corrected chi connectivity index (χ4v) is 3.42. The molecule has 0 spiro atoms. The Balaban J connectivity index is 2.03. The molecule has 1 aromatic heterocycles. The quantitative estimate of drug-likeness (QED) is 0.812. The zero-order valence-electron chi connectivity index (χ0n) is 9.66. The van der Waals surface area contributed by atoms with Crippen molar-refractivity contribution in [2.24, 2.45) is 0 Å². The minimum absolute atomic E-state index is 0.132. The second kappa shape index (κ2) is 4.24. The molecule has 1 aliphatic rings. The molecule has 2 heterocycles. The van der Waals surface area contributed by atoms with Crippen LogP contribution in [-0.2, 0) is 13.0 Å². The maximum atomic E-state index is 13.7. The summed E-state index contributed by atoms with van der Waals surface area (Å²) in [7, 11) is 0. The lowest BCUT2D eigenvalue weighted by Gasteiger charge is -2.19. The summed E-state index contributed by atoms with van der Waals surface area (Å²) in [6.45, 7) is 3.10. The predicted octanol–water partition coefficient (Wildman–Crippen LogP) is 3.59. The lowest BCUT2D eigenvalue weighted by Crippen LogP contribution is -2.31. The Bertz CT molecular complexity index is 547. The molecule has 3 heteroatoms. The summed E-state index contributed by atoms with van der Waals surface area (Å²) < 4.78 is 13.7. The summed E-state index contributed by atoms with van der Waals surface area (Å²) in [5.41, 5.74) is 2.10. The molecule has 0 fully saturated rings. The number of rotatable bonds is 1. The molecule has 1 unspecified atom stereocenters. The molecule has 0 saturated carbocycles. The van der Waals surface area contributed by atoms with E-state index in [1.807, 2.05) is 12.1 Å². The minimum atomic E-state index is -0.132. The third-order valence-corrected chi connectivity index (χ3v) is 4.38. The summed E-state index contributed by atoms with van der Waals surface area (Å²) >= 11 is 1.70. The van der Waals surface area contributed by atoms with E-state index >= 15 is 0 Å².